The molecule has 0 fully saturated rings. The molecule has 0 spiro atoms. The zero-order chi connectivity index (χ0) is 20.4. The normalized spacial score (nSPS) is 11.3. The summed E-state index contributed by atoms with van der Waals surface area (Å²) >= 11 is 0. The number of benzene rings is 4. The molecule has 0 aliphatic rings. The smallest absolute Gasteiger partial charge is 0.120 e. The van der Waals surface area contributed by atoms with E-state index < -0.39 is 0 Å². The van der Waals surface area contributed by atoms with Crippen LogP contribution >= 0.6 is 0 Å². The third-order valence-electron chi connectivity index (χ3n) is 4.70. The van der Waals surface area contributed by atoms with E-state index in [0.29, 0.717) is 13.2 Å². The van der Waals surface area contributed by atoms with Crippen LogP contribution in [0.1, 0.15) is 11.1 Å². The van der Waals surface area contributed by atoms with Gasteiger partial charge < -0.3 is 9.47 Å². The molecule has 0 saturated heterocycles. The van der Waals surface area contributed by atoms with Crippen LogP contribution in [0, 0.1) is 0 Å². The molecule has 2 nitrogen and oxygen atoms in total. The highest BCUT2D eigenvalue weighted by Gasteiger charge is 2.00. The Bertz CT molecular complexity index is 1040. The SMILES string of the molecule is C(=Cc1ccccc1)COc1ccc2ccc(OCC=Cc3ccccc3)cc2c1. The van der Waals surface area contributed by atoms with Gasteiger partial charge >= 0.3 is 0 Å². The number of rotatable bonds is 8. The van der Waals surface area contributed by atoms with E-state index in [0.717, 1.165) is 22.3 Å². The van der Waals surface area contributed by atoms with Crippen molar-refractivity contribution in [1.82, 2.24) is 0 Å². The highest BCUT2D eigenvalue weighted by atomic mass is 16.5. The minimum Gasteiger partial charge on any atom is -0.490 e. The molecule has 0 N–H and O–H groups in total. The van der Waals surface area contributed by atoms with Crippen molar-refractivity contribution in [3.63, 3.8) is 0 Å². The predicted octanol–water partition coefficient (Wildman–Crippen LogP) is 7.02. The molecule has 2 heteroatoms. The minimum atomic E-state index is 0.529. The van der Waals surface area contributed by atoms with E-state index in [9.17, 15) is 0 Å². The second-order valence-corrected chi connectivity index (χ2v) is 6.92. The molecule has 0 heterocycles. The van der Waals surface area contributed by atoms with Crippen LogP contribution < -0.4 is 9.47 Å². The maximum Gasteiger partial charge on any atom is 0.120 e. The number of hydrogen-bond donors (Lipinski definition) is 0. The van der Waals surface area contributed by atoms with Crippen molar-refractivity contribution in [3.8, 4) is 11.5 Å². The topological polar surface area (TPSA) is 18.5 Å². The van der Waals surface area contributed by atoms with Gasteiger partial charge in [0.25, 0.3) is 0 Å². The van der Waals surface area contributed by atoms with Crippen LogP contribution in [-0.4, -0.2) is 13.2 Å². The van der Waals surface area contributed by atoms with Gasteiger partial charge in [-0.15, -0.1) is 0 Å². The zero-order valence-corrected chi connectivity index (χ0v) is 16.8. The van der Waals surface area contributed by atoms with Crippen molar-refractivity contribution >= 4 is 22.9 Å². The van der Waals surface area contributed by atoms with E-state index in [4.69, 9.17) is 9.47 Å². The monoisotopic (exact) mass is 392 g/mol. The fourth-order valence-corrected chi connectivity index (χ4v) is 3.17. The lowest BCUT2D eigenvalue weighted by Crippen LogP contribution is -1.94. The second kappa shape index (κ2) is 10.1. The molecule has 4 aromatic carbocycles. The van der Waals surface area contributed by atoms with E-state index >= 15 is 0 Å². The first-order valence-electron chi connectivity index (χ1n) is 10.1. The number of ether oxygens (including phenoxy) is 2. The van der Waals surface area contributed by atoms with Gasteiger partial charge in [-0.25, -0.2) is 0 Å². The van der Waals surface area contributed by atoms with Crippen LogP contribution in [0.3, 0.4) is 0 Å². The van der Waals surface area contributed by atoms with E-state index in [-0.39, 0.29) is 0 Å². The molecule has 30 heavy (non-hydrogen) atoms. The lowest BCUT2D eigenvalue weighted by molar-refractivity contribution is 0.363. The summed E-state index contributed by atoms with van der Waals surface area (Å²) < 4.78 is 11.8. The van der Waals surface area contributed by atoms with Gasteiger partial charge in [0.2, 0.25) is 0 Å². The lowest BCUT2D eigenvalue weighted by Gasteiger charge is -2.08. The molecule has 0 saturated carbocycles. The molecule has 4 aromatic rings. The zero-order valence-electron chi connectivity index (χ0n) is 16.8. The van der Waals surface area contributed by atoms with Crippen molar-refractivity contribution in [2.75, 3.05) is 13.2 Å². The molecule has 148 valence electrons. The fraction of sp³-hybridized carbons (Fsp3) is 0.0714. The summed E-state index contributed by atoms with van der Waals surface area (Å²) in [6.45, 7) is 1.06. The Hall–Kier alpha value is -3.78. The van der Waals surface area contributed by atoms with E-state index in [2.05, 4.69) is 60.7 Å². The van der Waals surface area contributed by atoms with Crippen LogP contribution in [-0.2, 0) is 0 Å². The standard InChI is InChI=1S/C28H24O2/c1-3-9-23(10-4-1)13-7-19-29-27-17-15-25-16-18-28(22-26(25)21-27)30-20-8-14-24-11-5-2-6-12-24/h1-18,21-22H,19-20H2. The van der Waals surface area contributed by atoms with E-state index in [1.54, 1.807) is 0 Å². The first-order valence-corrected chi connectivity index (χ1v) is 10.1. The summed E-state index contributed by atoms with van der Waals surface area (Å²) in [6.07, 6.45) is 8.18. The Morgan fingerprint density at radius 1 is 0.500 bits per heavy atom. The van der Waals surface area contributed by atoms with Crippen LogP contribution in [0.5, 0.6) is 11.5 Å². The molecule has 0 bridgehead atoms. The Morgan fingerprint density at radius 2 is 0.967 bits per heavy atom. The van der Waals surface area contributed by atoms with Crippen LogP contribution in [0.15, 0.2) is 109 Å². The average molecular weight is 392 g/mol. The Labute approximate surface area is 177 Å². The van der Waals surface area contributed by atoms with Crippen LogP contribution in [0.25, 0.3) is 22.9 Å². The first kappa shape index (κ1) is 19.5. The summed E-state index contributed by atoms with van der Waals surface area (Å²) in [5, 5.41) is 2.26. The van der Waals surface area contributed by atoms with E-state index in [1.807, 2.05) is 60.7 Å². The summed E-state index contributed by atoms with van der Waals surface area (Å²) in [7, 11) is 0. The summed E-state index contributed by atoms with van der Waals surface area (Å²) in [5.41, 5.74) is 2.34. The van der Waals surface area contributed by atoms with Crippen LogP contribution in [0.2, 0.25) is 0 Å². The Morgan fingerprint density at radius 3 is 1.43 bits per heavy atom. The van der Waals surface area contributed by atoms with Crippen molar-refractivity contribution in [2.45, 2.75) is 0 Å². The van der Waals surface area contributed by atoms with Gasteiger partial charge in [0, 0.05) is 0 Å². The Balaban J connectivity index is 1.35. The summed E-state index contributed by atoms with van der Waals surface area (Å²) in [5.74, 6) is 1.70. The highest BCUT2D eigenvalue weighted by Crippen LogP contribution is 2.25. The number of hydrogen-bond acceptors (Lipinski definition) is 2. The van der Waals surface area contributed by atoms with Gasteiger partial charge in [-0.05, 0) is 58.3 Å². The summed E-state index contributed by atoms with van der Waals surface area (Å²) in [6, 6.07) is 32.7. The third kappa shape index (κ3) is 5.62. The van der Waals surface area contributed by atoms with Crippen LogP contribution in [0.4, 0.5) is 0 Å². The van der Waals surface area contributed by atoms with Crippen molar-refractivity contribution in [2.24, 2.45) is 0 Å². The second-order valence-electron chi connectivity index (χ2n) is 6.92. The molecule has 0 aromatic heterocycles. The highest BCUT2D eigenvalue weighted by molar-refractivity contribution is 5.85. The Kier molecular flexibility index (Phi) is 6.59. The molecule has 0 radical (unpaired) electrons. The quantitative estimate of drug-likeness (QED) is 0.321. The largest absolute Gasteiger partial charge is 0.490 e. The first-order chi connectivity index (χ1) is 14.9. The minimum absolute atomic E-state index is 0.529. The third-order valence-corrected chi connectivity index (χ3v) is 4.70. The van der Waals surface area contributed by atoms with Gasteiger partial charge in [-0.3, -0.25) is 0 Å². The van der Waals surface area contributed by atoms with E-state index in [1.165, 1.54) is 11.1 Å². The molecule has 0 aliphatic heterocycles. The van der Waals surface area contributed by atoms with Gasteiger partial charge in [0.15, 0.2) is 0 Å². The van der Waals surface area contributed by atoms with Gasteiger partial charge in [0.05, 0.1) is 0 Å². The maximum absolute atomic E-state index is 5.88. The van der Waals surface area contributed by atoms with Gasteiger partial charge in [0.1, 0.15) is 24.7 Å². The van der Waals surface area contributed by atoms with Crippen molar-refractivity contribution in [1.29, 1.82) is 0 Å². The molecule has 4 rings (SSSR count). The predicted molar refractivity (Wildman–Crippen MR) is 126 cm³/mol. The molecule has 0 aliphatic carbocycles. The van der Waals surface area contributed by atoms with Gasteiger partial charge in [-0.1, -0.05) is 84.9 Å². The number of fused-ring (bicyclic) bond motifs is 1. The van der Waals surface area contributed by atoms with Crippen molar-refractivity contribution in [3.05, 3.63) is 120 Å². The molecule has 0 amide bonds. The maximum atomic E-state index is 5.88. The molecule has 0 atom stereocenters. The van der Waals surface area contributed by atoms with Gasteiger partial charge in [-0.2, -0.15) is 0 Å². The lowest BCUT2D eigenvalue weighted by atomic mass is 10.1. The molecular weight excluding hydrogens is 368 g/mol. The molecular formula is C28H24O2. The molecule has 0 unspecified atom stereocenters. The fourth-order valence-electron chi connectivity index (χ4n) is 3.17. The van der Waals surface area contributed by atoms with Crippen molar-refractivity contribution < 1.29 is 9.47 Å². The summed E-state index contributed by atoms with van der Waals surface area (Å²) in [4.78, 5) is 0. The average Bonchev–Trinajstić information content (AvgIpc) is 2.81.